The molecule has 4 bridgehead atoms. The molecule has 2 heterocycles. The number of hydrogen-bond donors (Lipinski definition) is 0. The third-order valence-electron chi connectivity index (χ3n) is 11.6. The van der Waals surface area contributed by atoms with Crippen molar-refractivity contribution in [1.82, 2.24) is 9.97 Å². The minimum absolute atomic E-state index is 0.0507. The summed E-state index contributed by atoms with van der Waals surface area (Å²) in [5.74, 6) is 1.61. The second-order valence-electron chi connectivity index (χ2n) is 12.7. The van der Waals surface area contributed by atoms with Crippen molar-refractivity contribution in [2.24, 2.45) is 27.3 Å². The first-order valence-corrected chi connectivity index (χ1v) is 14.1. The first kappa shape index (κ1) is 22.9. The van der Waals surface area contributed by atoms with Crippen molar-refractivity contribution in [2.75, 3.05) is 12.1 Å². The highest BCUT2D eigenvalue weighted by molar-refractivity contribution is 9.09. The van der Waals surface area contributed by atoms with Crippen LogP contribution in [-0.4, -0.2) is 33.8 Å². The number of benzene rings is 1. The summed E-state index contributed by atoms with van der Waals surface area (Å²) in [5, 5.41) is 5.54. The summed E-state index contributed by atoms with van der Waals surface area (Å²) < 4.78 is 11.1. The predicted molar refractivity (Wildman–Crippen MR) is 139 cm³/mol. The molecule has 3 saturated carbocycles. The molecule has 36 heavy (non-hydrogen) atoms. The van der Waals surface area contributed by atoms with Crippen molar-refractivity contribution in [3.63, 3.8) is 0 Å². The van der Waals surface area contributed by atoms with Crippen molar-refractivity contribution in [3.8, 4) is 11.5 Å². The molecule has 0 N–H and O–H groups in total. The zero-order chi connectivity index (χ0) is 25.3. The average Bonchev–Trinajstić information content (AvgIpc) is 3.55. The van der Waals surface area contributed by atoms with Gasteiger partial charge in [0.15, 0.2) is 11.5 Å². The van der Waals surface area contributed by atoms with Gasteiger partial charge in [0.2, 0.25) is 6.79 Å². The molecule has 7 rings (SSSR count). The smallest absolute Gasteiger partial charge is 0.347 e. The summed E-state index contributed by atoms with van der Waals surface area (Å²) in [6.07, 6.45) is 4.71. The first-order chi connectivity index (χ1) is 17.0. The van der Waals surface area contributed by atoms with Gasteiger partial charge in [-0.05, 0) is 48.9 Å². The summed E-state index contributed by atoms with van der Waals surface area (Å²) in [6, 6.07) is 3.75. The Balaban J connectivity index is 1.31. The molecular formula is C28H32BrN3O4. The van der Waals surface area contributed by atoms with Crippen LogP contribution in [0.15, 0.2) is 17.3 Å². The molecule has 4 aliphatic carbocycles. The fourth-order valence-corrected chi connectivity index (χ4v) is 9.37. The molecule has 8 heteroatoms. The number of halogens is 1. The van der Waals surface area contributed by atoms with E-state index in [0.29, 0.717) is 29.4 Å². The molecule has 5 unspecified atom stereocenters. The van der Waals surface area contributed by atoms with E-state index in [-0.39, 0.29) is 29.0 Å². The lowest BCUT2D eigenvalue weighted by Crippen LogP contribution is -2.46. The normalized spacial score (nSPS) is 39.8. The van der Waals surface area contributed by atoms with Crippen LogP contribution in [0.4, 0.5) is 0 Å². The van der Waals surface area contributed by atoms with Crippen molar-refractivity contribution in [2.45, 2.75) is 77.6 Å². The molecule has 1 aromatic carbocycles. The van der Waals surface area contributed by atoms with E-state index in [1.807, 2.05) is 12.1 Å². The summed E-state index contributed by atoms with van der Waals surface area (Å²) in [4.78, 5) is 30.2. The van der Waals surface area contributed by atoms with E-state index in [2.05, 4.69) is 55.7 Å². The number of fused-ring (bicyclic) bond motifs is 9. The van der Waals surface area contributed by atoms with Crippen LogP contribution in [0.3, 0.4) is 0 Å². The van der Waals surface area contributed by atoms with Gasteiger partial charge in [0.05, 0.1) is 28.1 Å². The van der Waals surface area contributed by atoms with Gasteiger partial charge in [-0.3, -0.25) is 0 Å². The molecule has 1 aliphatic heterocycles. The number of carbonyl (C=O) groups excluding carboxylic acids is 1. The van der Waals surface area contributed by atoms with E-state index in [9.17, 15) is 4.79 Å². The van der Waals surface area contributed by atoms with Gasteiger partial charge in [0.25, 0.3) is 0 Å². The third-order valence-corrected chi connectivity index (χ3v) is 12.8. The van der Waals surface area contributed by atoms with Crippen molar-refractivity contribution < 1.29 is 19.1 Å². The van der Waals surface area contributed by atoms with Crippen LogP contribution in [0.25, 0.3) is 11.0 Å². The first-order valence-electron chi connectivity index (χ1n) is 13.0. The molecule has 0 saturated heterocycles. The monoisotopic (exact) mass is 553 g/mol. The zero-order valence-corrected chi connectivity index (χ0v) is 23.1. The molecule has 0 amide bonds. The predicted octanol–water partition coefficient (Wildman–Crippen LogP) is 5.81. The molecule has 0 radical (unpaired) electrons. The minimum atomic E-state index is -0.893. The molecule has 7 nitrogen and oxygen atoms in total. The van der Waals surface area contributed by atoms with Crippen molar-refractivity contribution >= 4 is 38.6 Å². The van der Waals surface area contributed by atoms with E-state index in [1.54, 1.807) is 0 Å². The van der Waals surface area contributed by atoms with E-state index in [1.165, 1.54) is 6.42 Å². The van der Waals surface area contributed by atoms with Crippen LogP contribution in [0.5, 0.6) is 11.5 Å². The number of carbonyl (C=O) groups is 1. The Hall–Kier alpha value is -2.22. The van der Waals surface area contributed by atoms with Gasteiger partial charge in [0, 0.05) is 28.3 Å². The lowest BCUT2D eigenvalue weighted by atomic mass is 9.64. The fourth-order valence-electron chi connectivity index (χ4n) is 8.29. The molecule has 2 aromatic rings. The minimum Gasteiger partial charge on any atom is -0.454 e. The number of oxime groups is 1. The van der Waals surface area contributed by atoms with Gasteiger partial charge in [-0.15, -0.1) is 0 Å². The Morgan fingerprint density at radius 1 is 1.03 bits per heavy atom. The Morgan fingerprint density at radius 2 is 1.69 bits per heavy atom. The van der Waals surface area contributed by atoms with E-state index < -0.39 is 10.8 Å². The Morgan fingerprint density at radius 3 is 2.33 bits per heavy atom. The number of rotatable bonds is 3. The highest BCUT2D eigenvalue weighted by Gasteiger charge is 2.74. The van der Waals surface area contributed by atoms with E-state index in [4.69, 9.17) is 24.3 Å². The Labute approximate surface area is 219 Å². The molecule has 5 aliphatic rings. The molecule has 0 spiro atoms. The molecular weight excluding hydrogens is 522 g/mol. The average molecular weight is 554 g/mol. The van der Waals surface area contributed by atoms with Crippen molar-refractivity contribution in [1.29, 1.82) is 0 Å². The van der Waals surface area contributed by atoms with Crippen LogP contribution in [0, 0.1) is 22.2 Å². The zero-order valence-electron chi connectivity index (χ0n) is 21.5. The highest BCUT2D eigenvalue weighted by Crippen LogP contribution is 2.71. The number of nitrogens with zero attached hydrogens (tertiary/aromatic N) is 3. The molecule has 3 fully saturated rings. The number of ether oxygens (including phenoxy) is 2. The van der Waals surface area contributed by atoms with Crippen LogP contribution < -0.4 is 9.47 Å². The maximum Gasteiger partial charge on any atom is 0.347 e. The van der Waals surface area contributed by atoms with Crippen LogP contribution in [0.1, 0.15) is 78.1 Å². The van der Waals surface area contributed by atoms with Gasteiger partial charge in [0.1, 0.15) is 5.41 Å². The largest absolute Gasteiger partial charge is 0.454 e. The topological polar surface area (TPSA) is 82.9 Å². The summed E-state index contributed by atoms with van der Waals surface area (Å²) in [6.45, 7) is 11.4. The van der Waals surface area contributed by atoms with Gasteiger partial charge < -0.3 is 14.3 Å². The van der Waals surface area contributed by atoms with Gasteiger partial charge in [-0.25, -0.2) is 14.8 Å². The molecule has 1 aromatic heterocycles. The second kappa shape index (κ2) is 6.80. The van der Waals surface area contributed by atoms with Gasteiger partial charge in [-0.1, -0.05) is 55.7 Å². The highest BCUT2D eigenvalue weighted by atomic mass is 79.9. The number of alkyl halides is 1. The third kappa shape index (κ3) is 2.33. The quantitative estimate of drug-likeness (QED) is 0.271. The SMILES string of the molecule is CC12CCC(C/C1=N\OC(=O)C13CCC(C)(c4nc5cc6c(cc5nc41)OCO6)C3(C)C)C2(C)CBr. The maximum atomic E-state index is 14.1. The van der Waals surface area contributed by atoms with Gasteiger partial charge >= 0.3 is 5.97 Å². The van der Waals surface area contributed by atoms with Crippen molar-refractivity contribution in [3.05, 3.63) is 23.5 Å². The van der Waals surface area contributed by atoms with Crippen LogP contribution >= 0.6 is 15.9 Å². The van der Waals surface area contributed by atoms with Crippen LogP contribution in [0.2, 0.25) is 0 Å². The molecule has 190 valence electrons. The Kier molecular flexibility index (Phi) is 4.33. The molecule has 5 atom stereocenters. The number of hydrogen-bond acceptors (Lipinski definition) is 7. The summed E-state index contributed by atoms with van der Waals surface area (Å²) >= 11 is 3.76. The van der Waals surface area contributed by atoms with Crippen LogP contribution in [-0.2, 0) is 20.5 Å². The summed E-state index contributed by atoms with van der Waals surface area (Å²) in [7, 11) is 0. The maximum absolute atomic E-state index is 14.1. The lowest BCUT2D eigenvalue weighted by molar-refractivity contribution is -0.155. The van der Waals surface area contributed by atoms with Gasteiger partial charge in [-0.2, -0.15) is 0 Å². The Bertz CT molecular complexity index is 1390. The lowest BCUT2D eigenvalue weighted by Gasteiger charge is -2.38. The number of aromatic nitrogens is 2. The standard InChI is InChI=1S/C28H32BrN3O4/c1-24(2)26(4)8-9-28(24,22-21(26)30-16-11-18-19(35-14-34-18)12-17(16)31-22)23(33)36-32-20-10-15-6-7-25(20,3)27(15,5)13-29/h11-12,15H,6-10,13-14H2,1-5H3/b32-20+. The van der Waals surface area contributed by atoms with E-state index >= 15 is 0 Å². The fraction of sp³-hybridized carbons (Fsp3) is 0.643. The second-order valence-corrected chi connectivity index (χ2v) is 13.3. The van der Waals surface area contributed by atoms with E-state index in [0.717, 1.165) is 47.2 Å². The summed E-state index contributed by atoms with van der Waals surface area (Å²) in [5.41, 5.74) is 2.61.